The lowest BCUT2D eigenvalue weighted by Gasteiger charge is -2.14. The largest absolute Gasteiger partial charge is 0.465 e. The summed E-state index contributed by atoms with van der Waals surface area (Å²) in [6.07, 6.45) is 4.98. The molecule has 2 amide bonds. The van der Waals surface area contributed by atoms with Crippen molar-refractivity contribution in [2.75, 3.05) is 19.0 Å². The molecular weight excluding hydrogens is 410 g/mol. The number of rotatable bonds is 6. The Morgan fingerprint density at radius 3 is 2.69 bits per heavy atom. The fraction of sp³-hybridized carbons (Fsp3) is 0.150. The van der Waals surface area contributed by atoms with Crippen LogP contribution in [-0.2, 0) is 14.3 Å². The van der Waals surface area contributed by atoms with Crippen molar-refractivity contribution in [2.24, 2.45) is 0 Å². The molecule has 2 heterocycles. The van der Waals surface area contributed by atoms with Crippen LogP contribution in [0.25, 0.3) is 6.08 Å². The Kier molecular flexibility index (Phi) is 6.73. The highest BCUT2D eigenvalue weighted by Gasteiger charge is 2.32. The van der Waals surface area contributed by atoms with Gasteiger partial charge in [0.2, 0.25) is 5.91 Å². The Bertz CT molecular complexity index is 975. The lowest BCUT2D eigenvalue weighted by Crippen LogP contribution is -2.31. The van der Waals surface area contributed by atoms with Crippen LogP contribution in [0.2, 0.25) is 0 Å². The van der Waals surface area contributed by atoms with E-state index in [1.54, 1.807) is 54.9 Å². The number of carbonyl (C=O) groups excluding carboxylic acids is 3. The SMILES string of the molecule is COC(=O)c1ccc(/C=C2\SC(=S)N(CCC(=O)Nc3cccnc3)C2=O)cc1. The van der Waals surface area contributed by atoms with Gasteiger partial charge in [-0.1, -0.05) is 36.1 Å². The summed E-state index contributed by atoms with van der Waals surface area (Å²) in [6.45, 7) is 0.190. The van der Waals surface area contributed by atoms with Crippen molar-refractivity contribution in [1.29, 1.82) is 0 Å². The highest BCUT2D eigenvalue weighted by Crippen LogP contribution is 2.32. The second kappa shape index (κ2) is 9.44. The number of aromatic nitrogens is 1. The molecule has 1 saturated heterocycles. The minimum Gasteiger partial charge on any atom is -0.465 e. The van der Waals surface area contributed by atoms with Gasteiger partial charge in [0.15, 0.2) is 0 Å². The van der Waals surface area contributed by atoms with E-state index in [0.29, 0.717) is 20.5 Å². The average molecular weight is 428 g/mol. The van der Waals surface area contributed by atoms with Crippen LogP contribution < -0.4 is 5.32 Å². The molecule has 1 aromatic heterocycles. The Labute approximate surface area is 177 Å². The second-order valence-corrected chi connectivity index (χ2v) is 7.66. The highest BCUT2D eigenvalue weighted by molar-refractivity contribution is 8.26. The van der Waals surface area contributed by atoms with Crippen molar-refractivity contribution < 1.29 is 19.1 Å². The first-order valence-corrected chi connectivity index (χ1v) is 9.84. The number of thiocarbonyl (C=S) groups is 1. The maximum atomic E-state index is 12.6. The van der Waals surface area contributed by atoms with Gasteiger partial charge in [-0.3, -0.25) is 19.5 Å². The topological polar surface area (TPSA) is 88.6 Å². The van der Waals surface area contributed by atoms with Gasteiger partial charge < -0.3 is 10.1 Å². The van der Waals surface area contributed by atoms with E-state index in [4.69, 9.17) is 12.2 Å². The Hall–Kier alpha value is -3.04. The fourth-order valence-corrected chi connectivity index (χ4v) is 3.86. The van der Waals surface area contributed by atoms with Crippen LogP contribution >= 0.6 is 24.0 Å². The number of amides is 2. The van der Waals surface area contributed by atoms with Gasteiger partial charge in [0.25, 0.3) is 5.91 Å². The van der Waals surface area contributed by atoms with Gasteiger partial charge in [-0.2, -0.15) is 0 Å². The molecule has 0 aliphatic carbocycles. The zero-order chi connectivity index (χ0) is 20.8. The lowest BCUT2D eigenvalue weighted by atomic mass is 10.1. The lowest BCUT2D eigenvalue weighted by molar-refractivity contribution is -0.122. The monoisotopic (exact) mass is 427 g/mol. The molecule has 1 fully saturated rings. The standard InChI is InChI=1S/C20H17N3O4S2/c1-27-19(26)14-6-4-13(5-7-14)11-16-18(25)23(20(28)29-16)10-8-17(24)22-15-3-2-9-21-12-15/h2-7,9,11-12H,8,10H2,1H3,(H,22,24)/b16-11-. The number of anilines is 1. The molecule has 29 heavy (non-hydrogen) atoms. The smallest absolute Gasteiger partial charge is 0.337 e. The number of benzene rings is 1. The molecule has 148 valence electrons. The fourth-order valence-electron chi connectivity index (χ4n) is 2.55. The maximum Gasteiger partial charge on any atom is 0.337 e. The number of hydrogen-bond donors (Lipinski definition) is 1. The molecule has 0 saturated carbocycles. The molecule has 3 rings (SSSR count). The van der Waals surface area contributed by atoms with Crippen LogP contribution in [0.15, 0.2) is 53.7 Å². The molecule has 2 aromatic rings. The normalized spacial score (nSPS) is 14.9. The number of methoxy groups -OCH3 is 1. The third-order valence-electron chi connectivity index (χ3n) is 4.01. The quantitative estimate of drug-likeness (QED) is 0.430. The average Bonchev–Trinajstić information content (AvgIpc) is 2.99. The summed E-state index contributed by atoms with van der Waals surface area (Å²) >= 11 is 6.47. The number of ether oxygens (including phenoxy) is 1. The van der Waals surface area contributed by atoms with Crippen molar-refractivity contribution in [3.05, 3.63) is 64.8 Å². The van der Waals surface area contributed by atoms with Crippen LogP contribution in [0.3, 0.4) is 0 Å². The maximum absolute atomic E-state index is 12.6. The number of nitrogens with one attached hydrogen (secondary N) is 1. The van der Waals surface area contributed by atoms with E-state index in [9.17, 15) is 14.4 Å². The summed E-state index contributed by atoms with van der Waals surface area (Å²) < 4.78 is 5.07. The van der Waals surface area contributed by atoms with Gasteiger partial charge in [-0.05, 0) is 35.9 Å². The van der Waals surface area contributed by atoms with E-state index in [1.165, 1.54) is 23.8 Å². The molecule has 0 spiro atoms. The van der Waals surface area contributed by atoms with Gasteiger partial charge in [0.05, 0.1) is 29.5 Å². The molecule has 0 radical (unpaired) electrons. The number of carbonyl (C=O) groups is 3. The zero-order valence-electron chi connectivity index (χ0n) is 15.5. The number of nitrogens with zero attached hydrogens (tertiary/aromatic N) is 2. The molecule has 0 bridgehead atoms. The van der Waals surface area contributed by atoms with E-state index < -0.39 is 5.97 Å². The first kappa shape index (κ1) is 20.7. The predicted octanol–water partition coefficient (Wildman–Crippen LogP) is 3.10. The summed E-state index contributed by atoms with van der Waals surface area (Å²) in [5, 5.41) is 2.72. The van der Waals surface area contributed by atoms with Crippen LogP contribution in [0.1, 0.15) is 22.3 Å². The summed E-state index contributed by atoms with van der Waals surface area (Å²) in [4.78, 5) is 42.0. The van der Waals surface area contributed by atoms with Crippen molar-refractivity contribution in [1.82, 2.24) is 9.88 Å². The molecule has 1 N–H and O–H groups in total. The molecule has 0 atom stereocenters. The van der Waals surface area contributed by atoms with Gasteiger partial charge >= 0.3 is 5.97 Å². The molecule has 0 unspecified atom stereocenters. The summed E-state index contributed by atoms with van der Waals surface area (Å²) in [6, 6.07) is 10.2. The number of thioether (sulfide) groups is 1. The van der Waals surface area contributed by atoms with Gasteiger partial charge in [-0.25, -0.2) is 4.79 Å². The van der Waals surface area contributed by atoms with Crippen LogP contribution in [-0.4, -0.2) is 45.6 Å². The van der Waals surface area contributed by atoms with Gasteiger partial charge in [-0.15, -0.1) is 0 Å². The Morgan fingerprint density at radius 1 is 1.28 bits per heavy atom. The Morgan fingerprint density at radius 2 is 2.03 bits per heavy atom. The van der Waals surface area contributed by atoms with E-state index in [0.717, 1.165) is 5.56 Å². The number of esters is 1. The van der Waals surface area contributed by atoms with Crippen molar-refractivity contribution in [3.8, 4) is 0 Å². The highest BCUT2D eigenvalue weighted by atomic mass is 32.2. The van der Waals surface area contributed by atoms with Crippen molar-refractivity contribution in [2.45, 2.75) is 6.42 Å². The first-order chi connectivity index (χ1) is 14.0. The van der Waals surface area contributed by atoms with Crippen molar-refractivity contribution in [3.63, 3.8) is 0 Å². The predicted molar refractivity (Wildman–Crippen MR) is 115 cm³/mol. The van der Waals surface area contributed by atoms with Gasteiger partial charge in [0.1, 0.15) is 4.32 Å². The summed E-state index contributed by atoms with van der Waals surface area (Å²) in [5.74, 6) is -0.895. The van der Waals surface area contributed by atoms with E-state index >= 15 is 0 Å². The second-order valence-electron chi connectivity index (χ2n) is 5.99. The minimum atomic E-state index is -0.424. The molecule has 9 heteroatoms. The molecule has 7 nitrogen and oxygen atoms in total. The van der Waals surface area contributed by atoms with E-state index in [1.807, 2.05) is 0 Å². The zero-order valence-corrected chi connectivity index (χ0v) is 17.1. The van der Waals surface area contributed by atoms with Crippen LogP contribution in [0, 0.1) is 0 Å². The molecular formula is C20H17N3O4S2. The van der Waals surface area contributed by atoms with E-state index in [2.05, 4.69) is 15.0 Å². The number of pyridine rings is 1. The third-order valence-corrected chi connectivity index (χ3v) is 5.39. The summed E-state index contributed by atoms with van der Waals surface area (Å²) in [7, 11) is 1.32. The van der Waals surface area contributed by atoms with Gasteiger partial charge in [0, 0.05) is 19.2 Å². The third kappa shape index (κ3) is 5.27. The minimum absolute atomic E-state index is 0.114. The summed E-state index contributed by atoms with van der Waals surface area (Å²) in [5.41, 5.74) is 1.78. The molecule has 1 aromatic carbocycles. The van der Waals surface area contributed by atoms with E-state index in [-0.39, 0.29) is 24.8 Å². The Balaban J connectivity index is 1.61. The number of hydrogen-bond acceptors (Lipinski definition) is 7. The van der Waals surface area contributed by atoms with Crippen LogP contribution in [0.5, 0.6) is 0 Å². The van der Waals surface area contributed by atoms with Crippen LogP contribution in [0.4, 0.5) is 5.69 Å². The molecule has 1 aliphatic heterocycles. The molecule has 1 aliphatic rings. The van der Waals surface area contributed by atoms with Crippen molar-refractivity contribution >= 4 is 57.8 Å². The first-order valence-electron chi connectivity index (χ1n) is 8.61.